The first-order chi connectivity index (χ1) is 8.13. The average molecular weight is 234 g/mol. The normalized spacial score (nSPS) is 12.2. The standard InChI is InChI=1S/C14H22N2O/c1-4-8-15-14(17)12(3)16-10-13-7-5-6-11(2)9-13/h5-7,9,12,16H,4,8,10H2,1-3H3,(H,15,17). The lowest BCUT2D eigenvalue weighted by molar-refractivity contribution is -0.122. The lowest BCUT2D eigenvalue weighted by Crippen LogP contribution is -2.42. The van der Waals surface area contributed by atoms with E-state index in [1.807, 2.05) is 19.9 Å². The summed E-state index contributed by atoms with van der Waals surface area (Å²) >= 11 is 0. The van der Waals surface area contributed by atoms with Crippen molar-refractivity contribution in [3.63, 3.8) is 0 Å². The molecular formula is C14H22N2O. The van der Waals surface area contributed by atoms with E-state index in [0.29, 0.717) is 0 Å². The van der Waals surface area contributed by atoms with Crippen LogP contribution in [0.2, 0.25) is 0 Å². The van der Waals surface area contributed by atoms with Gasteiger partial charge in [-0.3, -0.25) is 4.79 Å². The van der Waals surface area contributed by atoms with Crippen LogP contribution in [-0.2, 0) is 11.3 Å². The molecule has 1 aromatic carbocycles. The SMILES string of the molecule is CCCNC(=O)C(C)NCc1cccc(C)c1. The highest BCUT2D eigenvalue weighted by atomic mass is 16.2. The van der Waals surface area contributed by atoms with Crippen molar-refractivity contribution >= 4 is 5.91 Å². The molecule has 0 radical (unpaired) electrons. The second-order valence-corrected chi connectivity index (χ2v) is 4.38. The van der Waals surface area contributed by atoms with E-state index >= 15 is 0 Å². The van der Waals surface area contributed by atoms with Crippen molar-refractivity contribution in [2.75, 3.05) is 6.54 Å². The molecule has 0 fully saturated rings. The number of carbonyl (C=O) groups excluding carboxylic acids is 1. The summed E-state index contributed by atoms with van der Waals surface area (Å²) in [5.74, 6) is 0.0690. The summed E-state index contributed by atoms with van der Waals surface area (Å²) in [4.78, 5) is 11.6. The van der Waals surface area contributed by atoms with Crippen LogP contribution < -0.4 is 10.6 Å². The molecule has 3 nitrogen and oxygen atoms in total. The van der Waals surface area contributed by atoms with Crippen LogP contribution in [-0.4, -0.2) is 18.5 Å². The molecule has 0 saturated carbocycles. The Balaban J connectivity index is 2.37. The Morgan fingerprint density at radius 2 is 2.18 bits per heavy atom. The molecule has 0 spiro atoms. The first-order valence-corrected chi connectivity index (χ1v) is 6.20. The molecule has 0 heterocycles. The molecule has 17 heavy (non-hydrogen) atoms. The summed E-state index contributed by atoms with van der Waals surface area (Å²) in [6, 6.07) is 8.15. The number of benzene rings is 1. The topological polar surface area (TPSA) is 41.1 Å². The van der Waals surface area contributed by atoms with Gasteiger partial charge in [0.05, 0.1) is 6.04 Å². The summed E-state index contributed by atoms with van der Waals surface area (Å²) in [6.45, 7) is 7.48. The van der Waals surface area contributed by atoms with Crippen LogP contribution >= 0.6 is 0 Å². The van der Waals surface area contributed by atoms with E-state index in [1.54, 1.807) is 0 Å². The molecule has 1 atom stereocenters. The van der Waals surface area contributed by atoms with Gasteiger partial charge in [0.1, 0.15) is 0 Å². The predicted octanol–water partition coefficient (Wildman–Crippen LogP) is 2.00. The molecule has 3 heteroatoms. The predicted molar refractivity (Wildman–Crippen MR) is 70.8 cm³/mol. The zero-order valence-corrected chi connectivity index (χ0v) is 10.9. The second-order valence-electron chi connectivity index (χ2n) is 4.38. The highest BCUT2D eigenvalue weighted by Crippen LogP contribution is 2.03. The third-order valence-electron chi connectivity index (χ3n) is 2.64. The monoisotopic (exact) mass is 234 g/mol. The van der Waals surface area contributed by atoms with Crippen molar-refractivity contribution in [2.24, 2.45) is 0 Å². The van der Waals surface area contributed by atoms with E-state index in [9.17, 15) is 4.79 Å². The third-order valence-corrected chi connectivity index (χ3v) is 2.64. The number of carbonyl (C=O) groups is 1. The van der Waals surface area contributed by atoms with Gasteiger partial charge in [0.2, 0.25) is 5.91 Å². The smallest absolute Gasteiger partial charge is 0.236 e. The maximum Gasteiger partial charge on any atom is 0.236 e. The molecule has 0 bridgehead atoms. The van der Waals surface area contributed by atoms with Gasteiger partial charge in [-0.15, -0.1) is 0 Å². The molecule has 0 aromatic heterocycles. The van der Waals surface area contributed by atoms with E-state index in [4.69, 9.17) is 0 Å². The van der Waals surface area contributed by atoms with Crippen LogP contribution in [0.15, 0.2) is 24.3 Å². The van der Waals surface area contributed by atoms with Gasteiger partial charge in [-0.05, 0) is 25.8 Å². The summed E-state index contributed by atoms with van der Waals surface area (Å²) in [5.41, 5.74) is 2.45. The van der Waals surface area contributed by atoms with E-state index < -0.39 is 0 Å². The van der Waals surface area contributed by atoms with Gasteiger partial charge in [-0.25, -0.2) is 0 Å². The molecule has 0 saturated heterocycles. The number of hydrogen-bond acceptors (Lipinski definition) is 2. The van der Waals surface area contributed by atoms with Crippen molar-refractivity contribution in [2.45, 2.75) is 39.8 Å². The number of hydrogen-bond donors (Lipinski definition) is 2. The van der Waals surface area contributed by atoms with Crippen molar-refractivity contribution in [3.8, 4) is 0 Å². The van der Waals surface area contributed by atoms with Crippen LogP contribution in [0, 0.1) is 6.92 Å². The zero-order chi connectivity index (χ0) is 12.7. The second kappa shape index (κ2) is 7.07. The van der Waals surface area contributed by atoms with Gasteiger partial charge in [-0.1, -0.05) is 36.8 Å². The number of rotatable bonds is 6. The van der Waals surface area contributed by atoms with E-state index in [2.05, 4.69) is 35.8 Å². The highest BCUT2D eigenvalue weighted by molar-refractivity contribution is 5.81. The molecule has 1 rings (SSSR count). The minimum Gasteiger partial charge on any atom is -0.355 e. The Bertz CT molecular complexity index is 363. The van der Waals surface area contributed by atoms with Crippen LogP contribution in [0.1, 0.15) is 31.4 Å². The fourth-order valence-corrected chi connectivity index (χ4v) is 1.59. The Kier molecular flexibility index (Phi) is 5.70. The van der Waals surface area contributed by atoms with Gasteiger partial charge >= 0.3 is 0 Å². The van der Waals surface area contributed by atoms with Crippen molar-refractivity contribution in [1.82, 2.24) is 10.6 Å². The van der Waals surface area contributed by atoms with Crippen molar-refractivity contribution in [1.29, 1.82) is 0 Å². The quantitative estimate of drug-likeness (QED) is 0.790. The minimum atomic E-state index is -0.151. The summed E-state index contributed by atoms with van der Waals surface area (Å²) in [7, 11) is 0. The molecule has 0 aliphatic heterocycles. The van der Waals surface area contributed by atoms with Crippen molar-refractivity contribution < 1.29 is 4.79 Å². The number of amides is 1. The van der Waals surface area contributed by atoms with Gasteiger partial charge in [0.15, 0.2) is 0 Å². The molecule has 1 unspecified atom stereocenters. The minimum absolute atomic E-state index is 0.0690. The highest BCUT2D eigenvalue weighted by Gasteiger charge is 2.10. The molecule has 2 N–H and O–H groups in total. The third kappa shape index (κ3) is 5.00. The maximum absolute atomic E-state index is 11.6. The molecular weight excluding hydrogens is 212 g/mol. The van der Waals surface area contributed by atoms with Gasteiger partial charge < -0.3 is 10.6 Å². The summed E-state index contributed by atoms with van der Waals surface area (Å²) in [5, 5.41) is 6.10. The largest absolute Gasteiger partial charge is 0.355 e. The maximum atomic E-state index is 11.6. The fourth-order valence-electron chi connectivity index (χ4n) is 1.59. The van der Waals surface area contributed by atoms with Gasteiger partial charge in [0, 0.05) is 13.1 Å². The van der Waals surface area contributed by atoms with Crippen LogP contribution in [0.5, 0.6) is 0 Å². The van der Waals surface area contributed by atoms with Crippen LogP contribution in [0.3, 0.4) is 0 Å². The number of nitrogens with one attached hydrogen (secondary N) is 2. The molecule has 0 aliphatic carbocycles. The lowest BCUT2D eigenvalue weighted by atomic mass is 10.1. The van der Waals surface area contributed by atoms with E-state index in [-0.39, 0.29) is 11.9 Å². The van der Waals surface area contributed by atoms with Gasteiger partial charge in [0.25, 0.3) is 0 Å². The number of aryl methyl sites for hydroxylation is 1. The van der Waals surface area contributed by atoms with E-state index in [1.165, 1.54) is 11.1 Å². The Morgan fingerprint density at radius 3 is 2.82 bits per heavy atom. The fraction of sp³-hybridized carbons (Fsp3) is 0.500. The molecule has 1 amide bonds. The van der Waals surface area contributed by atoms with Crippen LogP contribution in [0.4, 0.5) is 0 Å². The van der Waals surface area contributed by atoms with E-state index in [0.717, 1.165) is 19.5 Å². The van der Waals surface area contributed by atoms with Crippen molar-refractivity contribution in [3.05, 3.63) is 35.4 Å². The Labute approximate surface area is 104 Å². The Morgan fingerprint density at radius 1 is 1.41 bits per heavy atom. The summed E-state index contributed by atoms with van der Waals surface area (Å²) < 4.78 is 0. The summed E-state index contributed by atoms with van der Waals surface area (Å²) in [6.07, 6.45) is 0.969. The lowest BCUT2D eigenvalue weighted by Gasteiger charge is -2.13. The van der Waals surface area contributed by atoms with Crippen LogP contribution in [0.25, 0.3) is 0 Å². The first kappa shape index (κ1) is 13.7. The zero-order valence-electron chi connectivity index (χ0n) is 10.9. The Hall–Kier alpha value is -1.35. The molecule has 0 aliphatic rings. The van der Waals surface area contributed by atoms with Gasteiger partial charge in [-0.2, -0.15) is 0 Å². The molecule has 1 aromatic rings. The average Bonchev–Trinajstić information content (AvgIpc) is 2.33. The first-order valence-electron chi connectivity index (χ1n) is 6.20. The molecule has 94 valence electrons.